The fourth-order valence-corrected chi connectivity index (χ4v) is 4.27. The zero-order chi connectivity index (χ0) is 19.3. The number of anilines is 1. The van der Waals surface area contributed by atoms with E-state index >= 15 is 0 Å². The van der Waals surface area contributed by atoms with Crippen molar-refractivity contribution < 1.29 is 4.79 Å². The summed E-state index contributed by atoms with van der Waals surface area (Å²) in [5, 5.41) is 0. The Kier molecular flexibility index (Phi) is 5.89. The van der Waals surface area contributed by atoms with Crippen molar-refractivity contribution in [3.8, 4) is 0 Å². The molecule has 0 aliphatic carbocycles. The van der Waals surface area contributed by atoms with Crippen LogP contribution in [0.3, 0.4) is 0 Å². The molecular weight excluding hydrogens is 348 g/mol. The van der Waals surface area contributed by atoms with Gasteiger partial charge in [0.25, 0.3) is 5.91 Å². The Morgan fingerprint density at radius 2 is 1.61 bits per heavy atom. The zero-order valence-electron chi connectivity index (χ0n) is 16.8. The van der Waals surface area contributed by atoms with E-state index in [0.29, 0.717) is 11.5 Å². The quantitative estimate of drug-likeness (QED) is 0.812. The second kappa shape index (κ2) is 8.72. The van der Waals surface area contributed by atoms with Gasteiger partial charge in [0.2, 0.25) is 5.95 Å². The Balaban J connectivity index is 1.30. The molecule has 3 heterocycles. The fraction of sp³-hybridized carbons (Fsp3) is 0.522. The van der Waals surface area contributed by atoms with E-state index in [9.17, 15) is 4.79 Å². The molecule has 0 unspecified atom stereocenters. The van der Waals surface area contributed by atoms with Gasteiger partial charge in [0.05, 0.1) is 5.56 Å². The first kappa shape index (κ1) is 18.9. The first-order chi connectivity index (χ1) is 13.7. The summed E-state index contributed by atoms with van der Waals surface area (Å²) >= 11 is 0. The van der Waals surface area contributed by atoms with Crippen molar-refractivity contribution in [3.63, 3.8) is 0 Å². The van der Waals surface area contributed by atoms with E-state index in [1.54, 1.807) is 12.4 Å². The topological polar surface area (TPSA) is 49.3 Å². The molecule has 5 nitrogen and oxygen atoms in total. The van der Waals surface area contributed by atoms with Crippen molar-refractivity contribution in [1.29, 1.82) is 0 Å². The number of rotatable bonds is 4. The summed E-state index contributed by atoms with van der Waals surface area (Å²) in [5.74, 6) is 2.26. The summed E-state index contributed by atoms with van der Waals surface area (Å²) in [6.45, 7) is 5.90. The second-order valence-electron chi connectivity index (χ2n) is 8.37. The minimum Gasteiger partial charge on any atom is -0.341 e. The number of amides is 1. The molecule has 2 saturated heterocycles. The van der Waals surface area contributed by atoms with Crippen molar-refractivity contribution in [1.82, 2.24) is 14.9 Å². The molecular formula is C23H30N4O. The number of hydrogen-bond acceptors (Lipinski definition) is 4. The molecule has 1 amide bonds. The smallest absolute Gasteiger partial charge is 0.256 e. The van der Waals surface area contributed by atoms with E-state index in [4.69, 9.17) is 0 Å². The lowest BCUT2D eigenvalue weighted by atomic mass is 9.90. The largest absolute Gasteiger partial charge is 0.341 e. The highest BCUT2D eigenvalue weighted by Crippen LogP contribution is 2.24. The van der Waals surface area contributed by atoms with Gasteiger partial charge in [0.15, 0.2) is 0 Å². The van der Waals surface area contributed by atoms with Gasteiger partial charge in [0, 0.05) is 38.6 Å². The Bertz CT molecular complexity index is 761. The van der Waals surface area contributed by atoms with Gasteiger partial charge >= 0.3 is 0 Å². The van der Waals surface area contributed by atoms with Crippen LogP contribution in [0.25, 0.3) is 0 Å². The lowest BCUT2D eigenvalue weighted by Gasteiger charge is -2.32. The first-order valence-corrected chi connectivity index (χ1v) is 10.6. The van der Waals surface area contributed by atoms with E-state index in [-0.39, 0.29) is 5.91 Å². The molecule has 0 atom stereocenters. The summed E-state index contributed by atoms with van der Waals surface area (Å²) in [6, 6.07) is 10.7. The molecule has 0 radical (unpaired) electrons. The summed E-state index contributed by atoms with van der Waals surface area (Å²) in [6.07, 6.45) is 9.05. The molecule has 0 bridgehead atoms. The minimum atomic E-state index is 0.0695. The average Bonchev–Trinajstić information content (AvgIpc) is 2.75. The maximum atomic E-state index is 12.6. The van der Waals surface area contributed by atoms with Gasteiger partial charge in [-0.05, 0) is 49.5 Å². The van der Waals surface area contributed by atoms with Crippen LogP contribution < -0.4 is 4.90 Å². The van der Waals surface area contributed by atoms with Crippen LogP contribution in [0.1, 0.15) is 48.5 Å². The molecule has 28 heavy (non-hydrogen) atoms. The summed E-state index contributed by atoms with van der Waals surface area (Å²) in [5.41, 5.74) is 2.03. The highest BCUT2D eigenvalue weighted by molar-refractivity contribution is 5.93. The van der Waals surface area contributed by atoms with Crippen LogP contribution in [0.15, 0.2) is 42.7 Å². The van der Waals surface area contributed by atoms with Gasteiger partial charge in [-0.3, -0.25) is 4.79 Å². The highest BCUT2D eigenvalue weighted by atomic mass is 16.2. The van der Waals surface area contributed by atoms with E-state index in [0.717, 1.165) is 70.1 Å². The van der Waals surface area contributed by atoms with Gasteiger partial charge in [-0.2, -0.15) is 0 Å². The van der Waals surface area contributed by atoms with Crippen molar-refractivity contribution in [2.24, 2.45) is 11.8 Å². The Morgan fingerprint density at radius 1 is 0.964 bits per heavy atom. The zero-order valence-corrected chi connectivity index (χ0v) is 16.8. The first-order valence-electron chi connectivity index (χ1n) is 10.6. The normalized spacial score (nSPS) is 19.0. The maximum Gasteiger partial charge on any atom is 0.256 e. The molecule has 2 aliphatic heterocycles. The van der Waals surface area contributed by atoms with E-state index in [1.807, 2.05) is 4.90 Å². The van der Waals surface area contributed by atoms with Crippen molar-refractivity contribution >= 4 is 11.9 Å². The van der Waals surface area contributed by atoms with Gasteiger partial charge in [0.1, 0.15) is 0 Å². The molecule has 0 spiro atoms. The van der Waals surface area contributed by atoms with Crippen LogP contribution in [0.5, 0.6) is 0 Å². The van der Waals surface area contributed by atoms with Crippen molar-refractivity contribution in [3.05, 3.63) is 53.9 Å². The summed E-state index contributed by atoms with van der Waals surface area (Å²) in [4.78, 5) is 25.8. The molecule has 5 heteroatoms. The van der Waals surface area contributed by atoms with E-state index in [1.165, 1.54) is 5.56 Å². The van der Waals surface area contributed by atoms with Gasteiger partial charge in [-0.1, -0.05) is 37.3 Å². The number of carbonyl (C=O) groups is 1. The monoisotopic (exact) mass is 378 g/mol. The predicted octanol–water partition coefficient (Wildman–Crippen LogP) is 3.81. The average molecular weight is 379 g/mol. The van der Waals surface area contributed by atoms with Gasteiger partial charge < -0.3 is 9.80 Å². The lowest BCUT2D eigenvalue weighted by Crippen LogP contribution is -2.38. The molecule has 2 fully saturated rings. The standard InChI is InChI=1S/C23H30N4O/c1-18-7-11-26(12-8-18)22(28)21-16-24-23(25-17-21)27-13-9-20(10-14-27)15-19-5-3-2-4-6-19/h2-6,16-18,20H,7-15H2,1H3. The molecule has 148 valence electrons. The molecule has 0 saturated carbocycles. The van der Waals surface area contributed by atoms with Crippen molar-refractivity contribution in [2.75, 3.05) is 31.1 Å². The van der Waals surface area contributed by atoms with E-state index < -0.39 is 0 Å². The molecule has 1 aromatic heterocycles. The molecule has 2 aliphatic rings. The highest BCUT2D eigenvalue weighted by Gasteiger charge is 2.24. The third-order valence-electron chi connectivity index (χ3n) is 6.22. The van der Waals surface area contributed by atoms with Gasteiger partial charge in [-0.25, -0.2) is 9.97 Å². The Labute approximate surface area is 167 Å². The Hall–Kier alpha value is -2.43. The van der Waals surface area contributed by atoms with Crippen LogP contribution in [0.2, 0.25) is 0 Å². The maximum absolute atomic E-state index is 12.6. The van der Waals surface area contributed by atoms with Crippen LogP contribution in [0.4, 0.5) is 5.95 Å². The molecule has 0 N–H and O–H groups in total. The summed E-state index contributed by atoms with van der Waals surface area (Å²) < 4.78 is 0. The Morgan fingerprint density at radius 3 is 2.25 bits per heavy atom. The van der Waals surface area contributed by atoms with Crippen LogP contribution in [-0.2, 0) is 6.42 Å². The van der Waals surface area contributed by atoms with Crippen LogP contribution in [0, 0.1) is 11.8 Å². The number of aromatic nitrogens is 2. The number of nitrogens with zero attached hydrogens (tertiary/aromatic N) is 4. The number of hydrogen-bond donors (Lipinski definition) is 0. The van der Waals surface area contributed by atoms with Crippen LogP contribution >= 0.6 is 0 Å². The number of piperidine rings is 2. The molecule has 4 rings (SSSR count). The predicted molar refractivity (Wildman–Crippen MR) is 111 cm³/mol. The van der Waals surface area contributed by atoms with E-state index in [2.05, 4.69) is 52.1 Å². The number of benzene rings is 1. The third-order valence-corrected chi connectivity index (χ3v) is 6.22. The summed E-state index contributed by atoms with van der Waals surface area (Å²) in [7, 11) is 0. The minimum absolute atomic E-state index is 0.0695. The number of carbonyl (C=O) groups excluding carboxylic acids is 1. The third kappa shape index (κ3) is 4.51. The second-order valence-corrected chi connectivity index (χ2v) is 8.37. The number of likely N-dealkylation sites (tertiary alicyclic amines) is 1. The van der Waals surface area contributed by atoms with Crippen molar-refractivity contribution in [2.45, 2.75) is 39.0 Å². The van der Waals surface area contributed by atoms with Crippen LogP contribution in [-0.4, -0.2) is 47.0 Å². The molecule has 2 aromatic rings. The van der Waals surface area contributed by atoms with Gasteiger partial charge in [-0.15, -0.1) is 0 Å². The fourth-order valence-electron chi connectivity index (χ4n) is 4.27. The SMILES string of the molecule is CC1CCN(C(=O)c2cnc(N3CCC(Cc4ccccc4)CC3)nc2)CC1. The molecule has 1 aromatic carbocycles. The lowest BCUT2D eigenvalue weighted by molar-refractivity contribution is 0.0696.